The fraction of sp³-hybridized carbons (Fsp3) is 0.533. The summed E-state index contributed by atoms with van der Waals surface area (Å²) >= 11 is 0. The number of carbonyl (C=O) groups excluding carboxylic acids is 1. The normalized spacial score (nSPS) is 23.8. The van der Waals surface area contributed by atoms with E-state index in [9.17, 15) is 4.79 Å². The minimum Gasteiger partial charge on any atom is -0.491 e. The monoisotopic (exact) mass is 276 g/mol. The Bertz CT molecular complexity index is 486. The van der Waals surface area contributed by atoms with E-state index in [1.807, 2.05) is 24.3 Å². The summed E-state index contributed by atoms with van der Waals surface area (Å²) in [5.74, 6) is 0.959. The van der Waals surface area contributed by atoms with Gasteiger partial charge in [-0.05, 0) is 24.8 Å². The van der Waals surface area contributed by atoms with Crippen molar-refractivity contribution in [3.63, 3.8) is 0 Å². The molecule has 5 nitrogen and oxygen atoms in total. The van der Waals surface area contributed by atoms with Crippen LogP contribution in [0.15, 0.2) is 24.3 Å². The molecule has 108 valence electrons. The lowest BCUT2D eigenvalue weighted by atomic mass is 9.91. The number of rotatable bonds is 3. The average Bonchev–Trinajstić information content (AvgIpc) is 2.91. The van der Waals surface area contributed by atoms with E-state index < -0.39 is 6.04 Å². The van der Waals surface area contributed by atoms with Crippen LogP contribution < -0.4 is 15.8 Å². The lowest BCUT2D eigenvalue weighted by Gasteiger charge is -2.27. The largest absolute Gasteiger partial charge is 0.491 e. The molecule has 0 aromatic heterocycles. The Morgan fingerprint density at radius 2 is 2.05 bits per heavy atom. The van der Waals surface area contributed by atoms with Crippen molar-refractivity contribution in [2.45, 2.75) is 24.9 Å². The van der Waals surface area contributed by atoms with Gasteiger partial charge in [-0.2, -0.15) is 0 Å². The molecule has 1 amide bonds. The van der Waals surface area contributed by atoms with Gasteiger partial charge >= 0.3 is 0 Å². The molecule has 2 atom stereocenters. The maximum absolute atomic E-state index is 12.3. The van der Waals surface area contributed by atoms with Crippen molar-refractivity contribution in [2.75, 3.05) is 19.8 Å². The molecule has 2 aliphatic heterocycles. The van der Waals surface area contributed by atoms with Crippen molar-refractivity contribution in [1.82, 2.24) is 5.32 Å². The number of ether oxygens (including phenoxy) is 2. The van der Waals surface area contributed by atoms with E-state index in [1.165, 1.54) is 0 Å². The number of nitrogens with one attached hydrogen (secondary N) is 1. The first kappa shape index (κ1) is 13.4. The number of hydrogen-bond acceptors (Lipinski definition) is 4. The lowest BCUT2D eigenvalue weighted by molar-refractivity contribution is -0.125. The van der Waals surface area contributed by atoms with Crippen LogP contribution in [0, 0.1) is 5.92 Å². The van der Waals surface area contributed by atoms with Crippen LogP contribution in [0.4, 0.5) is 0 Å². The standard InChI is InChI=1S/C15H20N2O3/c16-14(10-5-7-19-8-6-10)15(18)17-12-9-20-13-4-2-1-3-11(12)13/h1-4,10,12,14H,5-9,16H2,(H,17,18). The van der Waals surface area contributed by atoms with Crippen LogP contribution in [0.5, 0.6) is 5.75 Å². The van der Waals surface area contributed by atoms with Crippen LogP contribution >= 0.6 is 0 Å². The summed E-state index contributed by atoms with van der Waals surface area (Å²) in [7, 11) is 0. The highest BCUT2D eigenvalue weighted by atomic mass is 16.5. The van der Waals surface area contributed by atoms with E-state index in [-0.39, 0.29) is 17.9 Å². The fourth-order valence-corrected chi connectivity index (χ4v) is 2.84. The Kier molecular flexibility index (Phi) is 3.89. The summed E-state index contributed by atoms with van der Waals surface area (Å²) in [5, 5.41) is 3.00. The van der Waals surface area contributed by atoms with Crippen LogP contribution in [0.1, 0.15) is 24.4 Å². The first-order chi connectivity index (χ1) is 9.75. The van der Waals surface area contributed by atoms with Gasteiger partial charge in [0.1, 0.15) is 12.4 Å². The quantitative estimate of drug-likeness (QED) is 0.863. The molecule has 2 aliphatic rings. The van der Waals surface area contributed by atoms with Gasteiger partial charge in [0.15, 0.2) is 0 Å². The van der Waals surface area contributed by atoms with Crippen molar-refractivity contribution in [1.29, 1.82) is 0 Å². The highest BCUT2D eigenvalue weighted by molar-refractivity contribution is 5.82. The summed E-state index contributed by atoms with van der Waals surface area (Å²) in [6, 6.07) is 7.21. The molecule has 1 fully saturated rings. The Morgan fingerprint density at radius 1 is 1.30 bits per heavy atom. The summed E-state index contributed by atoms with van der Waals surface area (Å²) in [4.78, 5) is 12.3. The third kappa shape index (κ3) is 2.64. The molecule has 3 N–H and O–H groups in total. The highest BCUT2D eigenvalue weighted by Crippen LogP contribution is 2.31. The van der Waals surface area contributed by atoms with Crippen molar-refractivity contribution in [3.05, 3.63) is 29.8 Å². The molecule has 2 unspecified atom stereocenters. The van der Waals surface area contributed by atoms with Gasteiger partial charge in [0, 0.05) is 18.8 Å². The number of carbonyl (C=O) groups is 1. The van der Waals surface area contributed by atoms with Crippen LogP contribution in [-0.4, -0.2) is 31.8 Å². The fourth-order valence-electron chi connectivity index (χ4n) is 2.84. The molecule has 1 saturated heterocycles. The Balaban J connectivity index is 1.62. The average molecular weight is 276 g/mol. The maximum atomic E-state index is 12.3. The highest BCUT2D eigenvalue weighted by Gasteiger charge is 2.31. The Morgan fingerprint density at radius 3 is 2.85 bits per heavy atom. The zero-order chi connectivity index (χ0) is 13.9. The molecule has 2 heterocycles. The minimum absolute atomic E-state index is 0.0930. The van der Waals surface area contributed by atoms with Crippen LogP contribution in [0.25, 0.3) is 0 Å². The van der Waals surface area contributed by atoms with Gasteiger partial charge < -0.3 is 20.5 Å². The second kappa shape index (κ2) is 5.81. The Labute approximate surface area is 118 Å². The van der Waals surface area contributed by atoms with E-state index in [4.69, 9.17) is 15.2 Å². The molecule has 1 aromatic carbocycles. The van der Waals surface area contributed by atoms with Gasteiger partial charge in [-0.15, -0.1) is 0 Å². The van der Waals surface area contributed by atoms with Crippen molar-refractivity contribution in [2.24, 2.45) is 11.7 Å². The van der Waals surface area contributed by atoms with Crippen LogP contribution in [0.3, 0.4) is 0 Å². The number of amides is 1. The molecule has 0 bridgehead atoms. The van der Waals surface area contributed by atoms with E-state index in [2.05, 4.69) is 5.32 Å². The third-order valence-corrected chi connectivity index (χ3v) is 4.09. The zero-order valence-electron chi connectivity index (χ0n) is 11.4. The van der Waals surface area contributed by atoms with Gasteiger partial charge in [0.25, 0.3) is 0 Å². The van der Waals surface area contributed by atoms with Gasteiger partial charge in [-0.1, -0.05) is 18.2 Å². The van der Waals surface area contributed by atoms with Crippen molar-refractivity contribution in [3.8, 4) is 5.75 Å². The minimum atomic E-state index is -0.466. The van der Waals surface area contributed by atoms with Gasteiger partial charge in [-0.3, -0.25) is 4.79 Å². The molecule has 20 heavy (non-hydrogen) atoms. The smallest absolute Gasteiger partial charge is 0.237 e. The Hall–Kier alpha value is -1.59. The number of hydrogen-bond donors (Lipinski definition) is 2. The molecule has 1 aromatic rings. The summed E-state index contributed by atoms with van der Waals surface area (Å²) in [6.07, 6.45) is 1.71. The molecular weight excluding hydrogens is 256 g/mol. The summed E-state index contributed by atoms with van der Waals surface area (Å²) in [6.45, 7) is 1.87. The third-order valence-electron chi connectivity index (χ3n) is 4.09. The van der Waals surface area contributed by atoms with Crippen molar-refractivity contribution < 1.29 is 14.3 Å². The lowest BCUT2D eigenvalue weighted by Crippen LogP contribution is -2.48. The van der Waals surface area contributed by atoms with Crippen LogP contribution in [-0.2, 0) is 9.53 Å². The van der Waals surface area contributed by atoms with Gasteiger partial charge in [0.2, 0.25) is 5.91 Å². The molecule has 0 aliphatic carbocycles. The number of benzene rings is 1. The second-order valence-corrected chi connectivity index (χ2v) is 5.39. The van der Waals surface area contributed by atoms with E-state index >= 15 is 0 Å². The second-order valence-electron chi connectivity index (χ2n) is 5.39. The van der Waals surface area contributed by atoms with E-state index in [0.717, 1.165) is 24.2 Å². The SMILES string of the molecule is NC(C(=O)NC1COc2ccccc21)C1CCOCC1. The summed E-state index contributed by atoms with van der Waals surface area (Å²) < 4.78 is 10.9. The van der Waals surface area contributed by atoms with Crippen molar-refractivity contribution >= 4 is 5.91 Å². The van der Waals surface area contributed by atoms with E-state index in [1.54, 1.807) is 0 Å². The molecule has 3 rings (SSSR count). The molecule has 0 radical (unpaired) electrons. The molecular formula is C15H20N2O3. The number of para-hydroxylation sites is 1. The molecule has 0 spiro atoms. The predicted molar refractivity (Wildman–Crippen MR) is 74.3 cm³/mol. The molecule has 0 saturated carbocycles. The number of nitrogens with two attached hydrogens (primary N) is 1. The van der Waals surface area contributed by atoms with Gasteiger partial charge in [0.05, 0.1) is 12.1 Å². The molecule has 5 heteroatoms. The predicted octanol–water partition coefficient (Wildman–Crippen LogP) is 0.990. The first-order valence-corrected chi connectivity index (χ1v) is 7.11. The van der Waals surface area contributed by atoms with E-state index in [0.29, 0.717) is 19.8 Å². The topological polar surface area (TPSA) is 73.6 Å². The zero-order valence-corrected chi connectivity index (χ0v) is 11.4. The summed E-state index contributed by atoms with van der Waals surface area (Å²) in [5.41, 5.74) is 7.11. The first-order valence-electron chi connectivity index (χ1n) is 7.11. The maximum Gasteiger partial charge on any atom is 0.237 e. The van der Waals surface area contributed by atoms with Crippen LogP contribution in [0.2, 0.25) is 0 Å². The van der Waals surface area contributed by atoms with Gasteiger partial charge in [-0.25, -0.2) is 0 Å². The number of fused-ring (bicyclic) bond motifs is 1.